The first kappa shape index (κ1) is 9.93. The average molecular weight is 178 g/mol. The van der Waals surface area contributed by atoms with Gasteiger partial charge in [0.05, 0.1) is 0 Å². The summed E-state index contributed by atoms with van der Waals surface area (Å²) in [6.07, 6.45) is 0. The molecule has 0 amide bonds. The van der Waals surface area contributed by atoms with E-state index in [0.717, 1.165) is 5.56 Å². The molecule has 0 bridgehead atoms. The Morgan fingerprint density at radius 3 is 2.15 bits per heavy atom. The van der Waals surface area contributed by atoms with Gasteiger partial charge in [-0.15, -0.1) is 0 Å². The third kappa shape index (κ3) is 1.95. The van der Waals surface area contributed by atoms with Crippen molar-refractivity contribution in [3.63, 3.8) is 0 Å². The molecule has 0 aliphatic carbocycles. The molecule has 2 heteroatoms. The van der Waals surface area contributed by atoms with E-state index < -0.39 is 5.60 Å². The summed E-state index contributed by atoms with van der Waals surface area (Å²) in [4.78, 5) is 11.1. The van der Waals surface area contributed by atoms with Crippen LogP contribution in [0.15, 0.2) is 24.3 Å². The SMILES string of the molecule is CC(=O)[C@](C)(O)c1ccc(C)cc1. The van der Waals surface area contributed by atoms with Gasteiger partial charge in [-0.25, -0.2) is 0 Å². The van der Waals surface area contributed by atoms with Gasteiger partial charge in [0, 0.05) is 0 Å². The van der Waals surface area contributed by atoms with E-state index in [1.54, 1.807) is 12.1 Å². The van der Waals surface area contributed by atoms with Crippen molar-refractivity contribution in [2.24, 2.45) is 0 Å². The molecule has 2 nitrogen and oxygen atoms in total. The van der Waals surface area contributed by atoms with Crippen molar-refractivity contribution in [1.82, 2.24) is 0 Å². The highest BCUT2D eigenvalue weighted by atomic mass is 16.3. The van der Waals surface area contributed by atoms with Gasteiger partial charge in [-0.3, -0.25) is 4.79 Å². The number of rotatable bonds is 2. The van der Waals surface area contributed by atoms with Crippen molar-refractivity contribution in [2.45, 2.75) is 26.4 Å². The van der Waals surface area contributed by atoms with E-state index in [4.69, 9.17) is 0 Å². The first-order valence-corrected chi connectivity index (χ1v) is 4.25. The molecular weight excluding hydrogens is 164 g/mol. The fourth-order valence-electron chi connectivity index (χ4n) is 1.08. The lowest BCUT2D eigenvalue weighted by Crippen LogP contribution is -2.29. The van der Waals surface area contributed by atoms with Crippen molar-refractivity contribution in [1.29, 1.82) is 0 Å². The maximum absolute atomic E-state index is 11.1. The van der Waals surface area contributed by atoms with Crippen LogP contribution in [0.5, 0.6) is 0 Å². The van der Waals surface area contributed by atoms with Crippen LogP contribution in [0.2, 0.25) is 0 Å². The third-order valence-electron chi connectivity index (χ3n) is 2.30. The molecule has 1 rings (SSSR count). The Kier molecular flexibility index (Phi) is 2.52. The fraction of sp³-hybridized carbons (Fsp3) is 0.364. The molecule has 70 valence electrons. The van der Waals surface area contributed by atoms with Gasteiger partial charge in [0.1, 0.15) is 5.60 Å². The first-order valence-electron chi connectivity index (χ1n) is 4.25. The number of benzene rings is 1. The summed E-state index contributed by atoms with van der Waals surface area (Å²) >= 11 is 0. The van der Waals surface area contributed by atoms with Gasteiger partial charge in [0.25, 0.3) is 0 Å². The van der Waals surface area contributed by atoms with E-state index in [-0.39, 0.29) is 5.78 Å². The van der Waals surface area contributed by atoms with Gasteiger partial charge in [-0.2, -0.15) is 0 Å². The van der Waals surface area contributed by atoms with Gasteiger partial charge in [-0.05, 0) is 26.3 Å². The highest BCUT2D eigenvalue weighted by molar-refractivity contribution is 5.85. The van der Waals surface area contributed by atoms with Gasteiger partial charge in [0.2, 0.25) is 0 Å². The molecule has 13 heavy (non-hydrogen) atoms. The minimum Gasteiger partial charge on any atom is -0.378 e. The minimum absolute atomic E-state index is 0.239. The largest absolute Gasteiger partial charge is 0.378 e. The summed E-state index contributed by atoms with van der Waals surface area (Å²) in [6.45, 7) is 4.87. The Morgan fingerprint density at radius 2 is 1.77 bits per heavy atom. The second-order valence-electron chi connectivity index (χ2n) is 3.49. The van der Waals surface area contributed by atoms with Crippen LogP contribution in [-0.4, -0.2) is 10.9 Å². The molecule has 1 aromatic rings. The van der Waals surface area contributed by atoms with Crippen LogP contribution in [-0.2, 0) is 10.4 Å². The van der Waals surface area contributed by atoms with Crippen LogP contribution < -0.4 is 0 Å². The number of ketones is 1. The molecule has 0 aromatic heterocycles. The molecule has 0 aliphatic rings. The average Bonchev–Trinajstić information content (AvgIpc) is 2.04. The first-order chi connectivity index (χ1) is 5.94. The lowest BCUT2D eigenvalue weighted by molar-refractivity contribution is -0.134. The minimum atomic E-state index is -1.35. The van der Waals surface area contributed by atoms with Crippen LogP contribution in [0.1, 0.15) is 25.0 Å². The Morgan fingerprint density at radius 1 is 1.31 bits per heavy atom. The lowest BCUT2D eigenvalue weighted by atomic mass is 9.92. The molecular formula is C11H14O2. The molecule has 0 saturated carbocycles. The molecule has 1 N–H and O–H groups in total. The van der Waals surface area contributed by atoms with Crippen molar-refractivity contribution < 1.29 is 9.90 Å². The molecule has 0 fully saturated rings. The smallest absolute Gasteiger partial charge is 0.165 e. The molecule has 0 spiro atoms. The van der Waals surface area contributed by atoms with Gasteiger partial charge >= 0.3 is 0 Å². The zero-order valence-corrected chi connectivity index (χ0v) is 8.16. The van der Waals surface area contributed by atoms with Gasteiger partial charge in [-0.1, -0.05) is 29.8 Å². The third-order valence-corrected chi connectivity index (χ3v) is 2.30. The van der Waals surface area contributed by atoms with Gasteiger partial charge in [0.15, 0.2) is 5.78 Å². The number of aryl methyl sites for hydroxylation is 1. The molecule has 0 radical (unpaired) electrons. The standard InChI is InChI=1S/C11H14O2/c1-8-4-6-10(7-5-8)11(3,13)9(2)12/h4-7,13H,1-3H3/t11-/m0/s1. The number of Topliss-reactive ketones (excluding diaryl/α,β-unsaturated/α-hetero) is 1. The van der Waals surface area contributed by atoms with Crippen LogP contribution in [0.3, 0.4) is 0 Å². The summed E-state index contributed by atoms with van der Waals surface area (Å²) in [5.74, 6) is -0.239. The van der Waals surface area contributed by atoms with E-state index in [1.165, 1.54) is 13.8 Å². The number of carbonyl (C=O) groups excluding carboxylic acids is 1. The summed E-state index contributed by atoms with van der Waals surface area (Å²) in [6, 6.07) is 7.31. The quantitative estimate of drug-likeness (QED) is 0.749. The Labute approximate surface area is 78.2 Å². The normalized spacial score (nSPS) is 15.1. The van der Waals surface area contributed by atoms with Crippen LogP contribution >= 0.6 is 0 Å². The monoisotopic (exact) mass is 178 g/mol. The molecule has 0 aliphatic heterocycles. The number of carbonyl (C=O) groups is 1. The van der Waals surface area contributed by atoms with Crippen molar-refractivity contribution >= 4 is 5.78 Å². The zero-order valence-electron chi connectivity index (χ0n) is 8.16. The Balaban J connectivity index is 3.08. The molecule has 0 unspecified atom stereocenters. The van der Waals surface area contributed by atoms with E-state index in [0.29, 0.717) is 5.56 Å². The zero-order chi connectivity index (χ0) is 10.1. The number of hydrogen-bond donors (Lipinski definition) is 1. The fourth-order valence-corrected chi connectivity index (χ4v) is 1.08. The number of hydrogen-bond acceptors (Lipinski definition) is 2. The van der Waals surface area contributed by atoms with E-state index >= 15 is 0 Å². The molecule has 1 aromatic carbocycles. The van der Waals surface area contributed by atoms with Crippen molar-refractivity contribution in [3.05, 3.63) is 35.4 Å². The summed E-state index contributed by atoms with van der Waals surface area (Å²) in [5.41, 5.74) is 0.405. The highest BCUT2D eigenvalue weighted by Gasteiger charge is 2.28. The summed E-state index contributed by atoms with van der Waals surface area (Å²) in [7, 11) is 0. The molecule has 0 saturated heterocycles. The Bertz CT molecular complexity index is 309. The maximum Gasteiger partial charge on any atom is 0.165 e. The van der Waals surface area contributed by atoms with Crippen molar-refractivity contribution in [2.75, 3.05) is 0 Å². The topological polar surface area (TPSA) is 37.3 Å². The van der Waals surface area contributed by atoms with E-state index in [9.17, 15) is 9.90 Å². The second-order valence-corrected chi connectivity index (χ2v) is 3.49. The van der Waals surface area contributed by atoms with E-state index in [2.05, 4.69) is 0 Å². The van der Waals surface area contributed by atoms with Crippen LogP contribution in [0.4, 0.5) is 0 Å². The van der Waals surface area contributed by atoms with Crippen LogP contribution in [0, 0.1) is 6.92 Å². The predicted octanol–water partition coefficient (Wildman–Crippen LogP) is 1.79. The van der Waals surface area contributed by atoms with Crippen LogP contribution in [0.25, 0.3) is 0 Å². The van der Waals surface area contributed by atoms with E-state index in [1.807, 2.05) is 19.1 Å². The number of aliphatic hydroxyl groups is 1. The van der Waals surface area contributed by atoms with Crippen molar-refractivity contribution in [3.8, 4) is 0 Å². The van der Waals surface area contributed by atoms with Gasteiger partial charge < -0.3 is 5.11 Å². The second kappa shape index (κ2) is 3.30. The summed E-state index contributed by atoms with van der Waals surface area (Å²) < 4.78 is 0. The lowest BCUT2D eigenvalue weighted by Gasteiger charge is -2.20. The predicted molar refractivity (Wildman–Crippen MR) is 51.4 cm³/mol. The molecule has 0 heterocycles. The highest BCUT2D eigenvalue weighted by Crippen LogP contribution is 2.21. The Hall–Kier alpha value is -1.15. The summed E-state index contributed by atoms with van der Waals surface area (Å²) in [5, 5.41) is 9.80. The maximum atomic E-state index is 11.1. The molecule has 1 atom stereocenters.